The Labute approximate surface area is 69.6 Å². The Kier molecular flexibility index (Phi) is 1.43. The van der Waals surface area contributed by atoms with E-state index in [1.807, 2.05) is 23.9 Å². The first-order valence-electron chi connectivity index (χ1n) is 3.67. The summed E-state index contributed by atoms with van der Waals surface area (Å²) in [7, 11) is 1.94. The standard InChI is InChI=1S/C9H8N2O/c1-11-3-2-7-5-10-8(6-12)4-9(7)11/h2-6H,1H3. The smallest absolute Gasteiger partial charge is 0.168 e. The molecule has 0 aliphatic carbocycles. The van der Waals surface area contributed by atoms with Gasteiger partial charge in [-0.3, -0.25) is 9.78 Å². The monoisotopic (exact) mass is 160 g/mol. The van der Waals surface area contributed by atoms with E-state index in [0.717, 1.165) is 17.2 Å². The fraction of sp³-hybridized carbons (Fsp3) is 0.111. The Morgan fingerprint density at radius 1 is 1.58 bits per heavy atom. The molecule has 3 nitrogen and oxygen atoms in total. The summed E-state index contributed by atoms with van der Waals surface area (Å²) < 4.78 is 1.96. The van der Waals surface area contributed by atoms with Gasteiger partial charge in [0.25, 0.3) is 0 Å². The van der Waals surface area contributed by atoms with E-state index < -0.39 is 0 Å². The fourth-order valence-corrected chi connectivity index (χ4v) is 1.24. The summed E-state index contributed by atoms with van der Waals surface area (Å²) in [6.07, 6.45) is 4.41. The molecule has 0 aromatic carbocycles. The van der Waals surface area contributed by atoms with Crippen molar-refractivity contribution in [3.8, 4) is 0 Å². The van der Waals surface area contributed by atoms with Crippen molar-refractivity contribution in [2.45, 2.75) is 0 Å². The molecule has 0 bridgehead atoms. The molecule has 0 aliphatic rings. The lowest BCUT2D eigenvalue weighted by Gasteiger charge is -1.95. The zero-order chi connectivity index (χ0) is 8.55. The Morgan fingerprint density at radius 3 is 3.17 bits per heavy atom. The number of carbonyl (C=O) groups is 1. The first-order chi connectivity index (χ1) is 5.81. The molecule has 2 aromatic rings. The first kappa shape index (κ1) is 7.03. The maximum atomic E-state index is 10.4. The molecule has 0 fully saturated rings. The minimum absolute atomic E-state index is 0.476. The van der Waals surface area contributed by atoms with Crippen LogP contribution in [0.1, 0.15) is 10.5 Å². The van der Waals surface area contributed by atoms with Crippen LogP contribution >= 0.6 is 0 Å². The average molecular weight is 160 g/mol. The van der Waals surface area contributed by atoms with Crippen LogP contribution in [0.3, 0.4) is 0 Å². The molecular weight excluding hydrogens is 152 g/mol. The Hall–Kier alpha value is -1.64. The molecule has 0 aliphatic heterocycles. The van der Waals surface area contributed by atoms with E-state index in [1.54, 1.807) is 12.3 Å². The maximum absolute atomic E-state index is 10.4. The van der Waals surface area contributed by atoms with Crippen molar-refractivity contribution >= 4 is 17.2 Å². The molecule has 0 unspecified atom stereocenters. The van der Waals surface area contributed by atoms with Gasteiger partial charge in [0.2, 0.25) is 0 Å². The van der Waals surface area contributed by atoms with Crippen molar-refractivity contribution in [3.05, 3.63) is 30.2 Å². The topological polar surface area (TPSA) is 34.9 Å². The lowest BCUT2D eigenvalue weighted by Crippen LogP contribution is -1.88. The molecule has 0 atom stereocenters. The van der Waals surface area contributed by atoms with E-state index in [4.69, 9.17) is 0 Å². The van der Waals surface area contributed by atoms with E-state index in [2.05, 4.69) is 4.98 Å². The summed E-state index contributed by atoms with van der Waals surface area (Å²) in [5, 5.41) is 1.06. The van der Waals surface area contributed by atoms with E-state index in [-0.39, 0.29) is 0 Å². The second-order valence-corrected chi connectivity index (χ2v) is 2.71. The highest BCUT2D eigenvalue weighted by atomic mass is 16.1. The molecule has 0 saturated heterocycles. The number of aromatic nitrogens is 2. The van der Waals surface area contributed by atoms with E-state index in [0.29, 0.717) is 5.69 Å². The molecule has 0 spiro atoms. The SMILES string of the molecule is Cn1ccc2cnc(C=O)cc21. The van der Waals surface area contributed by atoms with Gasteiger partial charge in [0.1, 0.15) is 5.69 Å². The van der Waals surface area contributed by atoms with Crippen molar-refractivity contribution in [2.24, 2.45) is 7.05 Å². The molecule has 3 heteroatoms. The summed E-state index contributed by atoms with van der Waals surface area (Å²) in [5.74, 6) is 0. The molecular formula is C9H8N2O. The van der Waals surface area contributed by atoms with Crippen LogP contribution in [-0.2, 0) is 7.05 Å². The van der Waals surface area contributed by atoms with E-state index in [9.17, 15) is 4.79 Å². The highest BCUT2D eigenvalue weighted by molar-refractivity contribution is 5.84. The van der Waals surface area contributed by atoms with E-state index in [1.165, 1.54) is 0 Å². The van der Waals surface area contributed by atoms with Gasteiger partial charge in [0, 0.05) is 24.8 Å². The summed E-state index contributed by atoms with van der Waals surface area (Å²) in [5.41, 5.74) is 1.51. The number of hydrogen-bond acceptors (Lipinski definition) is 2. The van der Waals surface area contributed by atoms with Gasteiger partial charge in [0.15, 0.2) is 6.29 Å². The lowest BCUT2D eigenvalue weighted by atomic mass is 10.3. The van der Waals surface area contributed by atoms with Crippen LogP contribution in [0, 0.1) is 0 Å². The number of nitrogens with zero attached hydrogens (tertiary/aromatic N) is 2. The average Bonchev–Trinajstić information content (AvgIpc) is 2.47. The third-order valence-corrected chi connectivity index (χ3v) is 1.91. The normalized spacial score (nSPS) is 10.4. The third kappa shape index (κ3) is 0.906. The number of rotatable bonds is 1. The molecule has 0 amide bonds. The lowest BCUT2D eigenvalue weighted by molar-refractivity contribution is 0.111. The molecule has 2 rings (SSSR count). The van der Waals surface area contributed by atoms with Crippen LogP contribution in [0.25, 0.3) is 10.9 Å². The number of pyridine rings is 1. The van der Waals surface area contributed by atoms with Gasteiger partial charge in [0.05, 0.1) is 5.52 Å². The molecule has 60 valence electrons. The highest BCUT2D eigenvalue weighted by Crippen LogP contribution is 2.13. The number of aryl methyl sites for hydroxylation is 1. The Morgan fingerprint density at radius 2 is 2.42 bits per heavy atom. The summed E-state index contributed by atoms with van der Waals surface area (Å²) >= 11 is 0. The first-order valence-corrected chi connectivity index (χ1v) is 3.67. The molecule has 0 radical (unpaired) electrons. The fourth-order valence-electron chi connectivity index (χ4n) is 1.24. The quantitative estimate of drug-likeness (QED) is 0.591. The van der Waals surface area contributed by atoms with Crippen molar-refractivity contribution < 1.29 is 4.79 Å². The predicted molar refractivity (Wildman–Crippen MR) is 46.1 cm³/mol. The number of hydrogen-bond donors (Lipinski definition) is 0. The van der Waals surface area contributed by atoms with E-state index >= 15 is 0 Å². The van der Waals surface area contributed by atoms with Crippen LogP contribution in [0.2, 0.25) is 0 Å². The summed E-state index contributed by atoms with van der Waals surface area (Å²) in [6.45, 7) is 0. The molecule has 0 N–H and O–H groups in total. The third-order valence-electron chi connectivity index (χ3n) is 1.91. The number of carbonyl (C=O) groups excluding carboxylic acids is 1. The molecule has 12 heavy (non-hydrogen) atoms. The maximum Gasteiger partial charge on any atom is 0.168 e. The van der Waals surface area contributed by atoms with Crippen LogP contribution in [0.4, 0.5) is 0 Å². The Bertz CT molecular complexity index is 431. The Balaban J connectivity index is 2.79. The highest BCUT2D eigenvalue weighted by Gasteiger charge is 1.98. The van der Waals surface area contributed by atoms with Gasteiger partial charge in [-0.05, 0) is 12.1 Å². The van der Waals surface area contributed by atoms with Crippen molar-refractivity contribution in [2.75, 3.05) is 0 Å². The minimum Gasteiger partial charge on any atom is -0.350 e. The largest absolute Gasteiger partial charge is 0.350 e. The number of fused-ring (bicyclic) bond motifs is 1. The zero-order valence-corrected chi connectivity index (χ0v) is 6.69. The van der Waals surface area contributed by atoms with Crippen LogP contribution in [0.5, 0.6) is 0 Å². The van der Waals surface area contributed by atoms with Gasteiger partial charge < -0.3 is 4.57 Å². The minimum atomic E-state index is 0.476. The molecule has 2 heterocycles. The predicted octanol–water partition coefficient (Wildman–Crippen LogP) is 1.39. The molecule has 0 saturated carbocycles. The van der Waals surface area contributed by atoms with Crippen molar-refractivity contribution in [1.29, 1.82) is 0 Å². The van der Waals surface area contributed by atoms with Crippen LogP contribution < -0.4 is 0 Å². The number of aldehydes is 1. The van der Waals surface area contributed by atoms with Gasteiger partial charge in [-0.2, -0.15) is 0 Å². The summed E-state index contributed by atoms with van der Waals surface area (Å²) in [4.78, 5) is 14.4. The van der Waals surface area contributed by atoms with Crippen molar-refractivity contribution in [3.63, 3.8) is 0 Å². The van der Waals surface area contributed by atoms with Gasteiger partial charge in [-0.25, -0.2) is 0 Å². The second-order valence-electron chi connectivity index (χ2n) is 2.71. The molecule has 2 aromatic heterocycles. The van der Waals surface area contributed by atoms with Gasteiger partial charge in [-0.15, -0.1) is 0 Å². The van der Waals surface area contributed by atoms with Gasteiger partial charge >= 0.3 is 0 Å². The zero-order valence-electron chi connectivity index (χ0n) is 6.69. The second kappa shape index (κ2) is 2.44. The van der Waals surface area contributed by atoms with Crippen LogP contribution in [0.15, 0.2) is 24.5 Å². The van der Waals surface area contributed by atoms with Crippen LogP contribution in [-0.4, -0.2) is 15.8 Å². The van der Waals surface area contributed by atoms with Crippen molar-refractivity contribution in [1.82, 2.24) is 9.55 Å². The van der Waals surface area contributed by atoms with Gasteiger partial charge in [-0.1, -0.05) is 0 Å². The summed E-state index contributed by atoms with van der Waals surface area (Å²) in [6, 6.07) is 3.75.